The van der Waals surface area contributed by atoms with Gasteiger partial charge in [-0.3, -0.25) is 4.79 Å². The van der Waals surface area contributed by atoms with E-state index in [1.807, 2.05) is 19.1 Å². The first-order valence-corrected chi connectivity index (χ1v) is 15.9. The highest BCUT2D eigenvalue weighted by Crippen LogP contribution is 2.44. The monoisotopic (exact) mass is 657 g/mol. The Kier molecular flexibility index (Phi) is 9.66. The SMILES string of the molecule is COCO[C@H]1CCN2C(=O)C(Cc3cn(C(=O)OC(C)(C)C)c4c5c(ccc34)OC(C)(C)C(O)CO5)N=C(OC)[C@@]12C/C=C(\C)CO. The summed E-state index contributed by atoms with van der Waals surface area (Å²) in [6.07, 6.45) is 2.54. The van der Waals surface area contributed by atoms with Crippen molar-refractivity contribution in [3.05, 3.63) is 35.5 Å². The van der Waals surface area contributed by atoms with Crippen LogP contribution in [-0.4, -0.2) is 113 Å². The third-order valence-electron chi connectivity index (χ3n) is 8.95. The van der Waals surface area contributed by atoms with Gasteiger partial charge >= 0.3 is 6.09 Å². The van der Waals surface area contributed by atoms with Gasteiger partial charge in [0, 0.05) is 38.1 Å². The highest BCUT2D eigenvalue weighted by Gasteiger charge is 2.59. The van der Waals surface area contributed by atoms with E-state index < -0.39 is 41.1 Å². The molecule has 0 spiro atoms. The number of aromatic nitrogens is 1. The molecule has 0 aliphatic carbocycles. The van der Waals surface area contributed by atoms with E-state index in [4.69, 9.17) is 33.4 Å². The Morgan fingerprint density at radius 2 is 1.98 bits per heavy atom. The zero-order valence-corrected chi connectivity index (χ0v) is 28.5. The maximum atomic E-state index is 14.3. The topological polar surface area (TPSA) is 151 Å². The minimum Gasteiger partial charge on any atom is -0.485 e. The highest BCUT2D eigenvalue weighted by atomic mass is 16.7. The predicted molar refractivity (Wildman–Crippen MR) is 173 cm³/mol. The molecule has 13 nitrogen and oxygen atoms in total. The fraction of sp³-hybridized carbons (Fsp3) is 0.618. The molecule has 47 heavy (non-hydrogen) atoms. The van der Waals surface area contributed by atoms with E-state index in [1.54, 1.807) is 51.8 Å². The van der Waals surface area contributed by atoms with E-state index in [0.29, 0.717) is 53.2 Å². The Balaban J connectivity index is 1.61. The zero-order valence-electron chi connectivity index (χ0n) is 28.5. The summed E-state index contributed by atoms with van der Waals surface area (Å²) < 4.78 is 36.5. The van der Waals surface area contributed by atoms with E-state index in [2.05, 4.69) is 0 Å². The fourth-order valence-electron chi connectivity index (χ4n) is 6.47. The van der Waals surface area contributed by atoms with Gasteiger partial charge in [0.15, 0.2) is 11.5 Å². The molecular formula is C34H47N3O10. The molecule has 1 saturated heterocycles. The van der Waals surface area contributed by atoms with Crippen molar-refractivity contribution in [3.63, 3.8) is 0 Å². The van der Waals surface area contributed by atoms with Crippen LogP contribution in [0.4, 0.5) is 4.79 Å². The number of ether oxygens (including phenoxy) is 6. The summed E-state index contributed by atoms with van der Waals surface area (Å²) in [6, 6.07) is 2.69. The molecule has 0 saturated carbocycles. The third kappa shape index (κ3) is 6.46. The Hall–Kier alpha value is -3.65. The lowest BCUT2D eigenvalue weighted by Crippen LogP contribution is -2.64. The number of amides is 1. The standard InChI is InChI=1S/C34H47N3O10/c1-20(17-38)11-13-34-26(45-19-42-7)12-14-37(34)29(40)23(35-30(34)43-8)15-21-16-36(31(41)47-32(2,3)4)27-22(21)9-10-24-28(27)44-18-25(39)33(5,6)46-24/h9-11,16,23,25-26,38-39H,12-15,17-19H2,1-8H3/b20-11+/t23?,25?,26-,34+/m0/s1. The summed E-state index contributed by atoms with van der Waals surface area (Å²) in [5, 5.41) is 21.0. The van der Waals surface area contributed by atoms with Crippen molar-refractivity contribution in [2.45, 2.75) is 95.8 Å². The molecule has 4 heterocycles. The number of hydrogen-bond donors (Lipinski definition) is 2. The number of aliphatic imine (C=N–C) groups is 1. The van der Waals surface area contributed by atoms with Crippen molar-refractivity contribution in [1.82, 2.24) is 9.47 Å². The quantitative estimate of drug-likeness (QED) is 0.319. The van der Waals surface area contributed by atoms with Gasteiger partial charge in [0.25, 0.3) is 0 Å². The molecule has 258 valence electrons. The molecule has 1 aromatic carbocycles. The van der Waals surface area contributed by atoms with Crippen LogP contribution in [0.15, 0.2) is 35.0 Å². The summed E-state index contributed by atoms with van der Waals surface area (Å²) in [4.78, 5) is 34.5. The first-order valence-electron chi connectivity index (χ1n) is 15.9. The van der Waals surface area contributed by atoms with Crippen LogP contribution in [-0.2, 0) is 30.2 Å². The van der Waals surface area contributed by atoms with Gasteiger partial charge in [-0.25, -0.2) is 14.4 Å². The molecule has 2 unspecified atom stereocenters. The average Bonchev–Trinajstić information content (AvgIpc) is 3.54. The lowest BCUT2D eigenvalue weighted by atomic mass is 9.85. The molecule has 13 heteroatoms. The summed E-state index contributed by atoms with van der Waals surface area (Å²) in [5.41, 5.74) is -0.924. The summed E-state index contributed by atoms with van der Waals surface area (Å²) in [6.45, 7) is 11.0. The maximum Gasteiger partial charge on any atom is 0.419 e. The van der Waals surface area contributed by atoms with Gasteiger partial charge in [0.1, 0.15) is 47.8 Å². The fourth-order valence-corrected chi connectivity index (χ4v) is 6.47. The number of fused-ring (bicyclic) bond motifs is 4. The second-order valence-electron chi connectivity index (χ2n) is 13.9. The van der Waals surface area contributed by atoms with Crippen molar-refractivity contribution in [3.8, 4) is 11.5 Å². The van der Waals surface area contributed by atoms with Gasteiger partial charge in [-0.1, -0.05) is 11.6 Å². The Morgan fingerprint density at radius 1 is 1.23 bits per heavy atom. The molecular weight excluding hydrogens is 610 g/mol. The average molecular weight is 658 g/mol. The predicted octanol–water partition coefficient (Wildman–Crippen LogP) is 3.59. The van der Waals surface area contributed by atoms with Crippen LogP contribution in [0.25, 0.3) is 10.9 Å². The molecule has 3 aliphatic heterocycles. The normalized spacial score (nSPS) is 25.8. The molecule has 0 radical (unpaired) electrons. The maximum absolute atomic E-state index is 14.3. The number of hydrogen-bond acceptors (Lipinski definition) is 11. The lowest BCUT2D eigenvalue weighted by molar-refractivity contribution is -0.142. The third-order valence-corrected chi connectivity index (χ3v) is 8.95. The minimum absolute atomic E-state index is 0.0338. The van der Waals surface area contributed by atoms with Gasteiger partial charge in [0.05, 0.1) is 19.8 Å². The van der Waals surface area contributed by atoms with Gasteiger partial charge in [0.2, 0.25) is 11.8 Å². The summed E-state index contributed by atoms with van der Waals surface area (Å²) in [5.74, 6) is 0.808. The number of carbonyl (C=O) groups is 2. The molecule has 5 rings (SSSR count). The van der Waals surface area contributed by atoms with Crippen LogP contribution in [0.1, 0.15) is 59.9 Å². The largest absolute Gasteiger partial charge is 0.485 e. The molecule has 2 N–H and O–H groups in total. The van der Waals surface area contributed by atoms with Crippen molar-refractivity contribution < 1.29 is 48.2 Å². The summed E-state index contributed by atoms with van der Waals surface area (Å²) in [7, 11) is 3.06. The number of methoxy groups -OCH3 is 2. The van der Waals surface area contributed by atoms with Gasteiger partial charge in [-0.15, -0.1) is 0 Å². The Bertz CT molecular complexity index is 1570. The van der Waals surface area contributed by atoms with Crippen molar-refractivity contribution in [2.75, 3.05) is 40.8 Å². The number of benzene rings is 1. The number of rotatable bonds is 8. The Morgan fingerprint density at radius 3 is 2.64 bits per heavy atom. The Labute approximate surface area is 275 Å². The smallest absolute Gasteiger partial charge is 0.419 e. The first kappa shape index (κ1) is 34.7. The van der Waals surface area contributed by atoms with E-state index in [1.165, 1.54) is 18.8 Å². The van der Waals surface area contributed by atoms with Gasteiger partial charge < -0.3 is 43.5 Å². The van der Waals surface area contributed by atoms with Crippen molar-refractivity contribution in [1.29, 1.82) is 0 Å². The number of aliphatic hydroxyl groups excluding tert-OH is 2. The van der Waals surface area contributed by atoms with Crippen molar-refractivity contribution in [2.24, 2.45) is 4.99 Å². The molecule has 1 amide bonds. The number of aliphatic hydroxyl groups is 2. The van der Waals surface area contributed by atoms with Crippen LogP contribution in [0.3, 0.4) is 0 Å². The van der Waals surface area contributed by atoms with Crippen LogP contribution >= 0.6 is 0 Å². The van der Waals surface area contributed by atoms with Crippen LogP contribution < -0.4 is 9.47 Å². The van der Waals surface area contributed by atoms with Gasteiger partial charge in [-0.2, -0.15) is 0 Å². The minimum atomic E-state index is -1.02. The number of nitrogens with zero attached hydrogens (tertiary/aromatic N) is 3. The molecule has 0 bridgehead atoms. The molecule has 3 aliphatic rings. The number of carbonyl (C=O) groups excluding carboxylic acids is 2. The second kappa shape index (κ2) is 13.1. The van der Waals surface area contributed by atoms with Gasteiger partial charge in [-0.05, 0) is 65.7 Å². The second-order valence-corrected chi connectivity index (χ2v) is 13.9. The lowest BCUT2D eigenvalue weighted by Gasteiger charge is -2.45. The molecule has 1 fully saturated rings. The summed E-state index contributed by atoms with van der Waals surface area (Å²) >= 11 is 0. The van der Waals surface area contributed by atoms with Crippen LogP contribution in [0.5, 0.6) is 11.5 Å². The molecule has 1 aromatic heterocycles. The van der Waals surface area contributed by atoms with E-state index >= 15 is 0 Å². The van der Waals surface area contributed by atoms with Crippen LogP contribution in [0, 0.1) is 0 Å². The van der Waals surface area contributed by atoms with E-state index in [-0.39, 0.29) is 32.3 Å². The van der Waals surface area contributed by atoms with Crippen molar-refractivity contribution >= 4 is 28.8 Å². The van der Waals surface area contributed by atoms with Crippen LogP contribution in [0.2, 0.25) is 0 Å². The highest BCUT2D eigenvalue weighted by molar-refractivity contribution is 6.01. The first-order chi connectivity index (χ1) is 22.2. The van der Waals surface area contributed by atoms with E-state index in [0.717, 1.165) is 5.57 Å². The zero-order chi connectivity index (χ0) is 34.3. The molecule has 4 atom stereocenters. The van der Waals surface area contributed by atoms with E-state index in [9.17, 15) is 19.8 Å². The molecule has 2 aromatic rings.